The van der Waals surface area contributed by atoms with Gasteiger partial charge in [-0.05, 0) is 18.8 Å². The molecule has 1 atom stereocenters. The molecule has 12 heavy (non-hydrogen) atoms. The van der Waals surface area contributed by atoms with E-state index in [2.05, 4.69) is 0 Å². The summed E-state index contributed by atoms with van der Waals surface area (Å²) in [6.45, 7) is 0.640. The van der Waals surface area contributed by atoms with Crippen molar-refractivity contribution in [2.45, 2.75) is 18.1 Å². The number of hydrogen-bond donors (Lipinski definition) is 1. The van der Waals surface area contributed by atoms with E-state index in [0.29, 0.717) is 12.5 Å². The van der Waals surface area contributed by atoms with Crippen LogP contribution in [0.25, 0.3) is 0 Å². The molecule has 0 aliphatic heterocycles. The maximum atomic E-state index is 10.7. The van der Waals surface area contributed by atoms with Crippen molar-refractivity contribution in [1.82, 2.24) is 0 Å². The highest BCUT2D eigenvalue weighted by molar-refractivity contribution is 8.00. The lowest BCUT2D eigenvalue weighted by Crippen LogP contribution is -2.19. The van der Waals surface area contributed by atoms with Crippen molar-refractivity contribution in [3.8, 4) is 0 Å². The molecular weight excluding hydrogens is 176 g/mol. The lowest BCUT2D eigenvalue weighted by atomic mass is 10.3. The summed E-state index contributed by atoms with van der Waals surface area (Å²) in [5.74, 6) is 0.534. The Morgan fingerprint density at radius 2 is 2.42 bits per heavy atom. The second-order valence-corrected chi connectivity index (χ2v) is 4.21. The van der Waals surface area contributed by atoms with Crippen molar-refractivity contribution in [3.63, 3.8) is 0 Å². The molecule has 4 heteroatoms. The highest BCUT2D eigenvalue weighted by atomic mass is 32.2. The summed E-state index contributed by atoms with van der Waals surface area (Å²) in [5, 5.41) is 8.63. The zero-order valence-corrected chi connectivity index (χ0v) is 7.97. The fourth-order valence-electron chi connectivity index (χ4n) is 1.07. The van der Waals surface area contributed by atoms with Gasteiger partial charge in [-0.3, -0.25) is 4.79 Å². The van der Waals surface area contributed by atoms with Crippen LogP contribution in [0, 0.1) is 5.92 Å². The van der Waals surface area contributed by atoms with Gasteiger partial charge in [-0.25, -0.2) is 0 Å². The number of ether oxygens (including phenoxy) is 1. The Kier molecular flexibility index (Phi) is 3.88. The minimum absolute atomic E-state index is 0.194. The predicted molar refractivity (Wildman–Crippen MR) is 48.5 cm³/mol. The zero-order valence-electron chi connectivity index (χ0n) is 7.16. The third-order valence-corrected chi connectivity index (χ3v) is 3.23. The molecule has 1 aliphatic rings. The molecule has 3 nitrogen and oxygen atoms in total. The molecule has 1 rings (SSSR count). The van der Waals surface area contributed by atoms with Gasteiger partial charge in [-0.1, -0.05) is 0 Å². The molecule has 1 aliphatic carbocycles. The molecule has 1 fully saturated rings. The summed E-state index contributed by atoms with van der Waals surface area (Å²) in [5.41, 5.74) is 0. The largest absolute Gasteiger partial charge is 0.480 e. The predicted octanol–water partition coefficient (Wildman–Crippen LogP) is 1.23. The Morgan fingerprint density at radius 1 is 1.75 bits per heavy atom. The first-order valence-corrected chi connectivity index (χ1v) is 5.14. The van der Waals surface area contributed by atoms with Crippen LogP contribution in [0.2, 0.25) is 0 Å². The second-order valence-electron chi connectivity index (χ2n) is 2.96. The van der Waals surface area contributed by atoms with Crippen LogP contribution >= 0.6 is 11.8 Å². The standard InChI is InChI=1S/C8H14O3S/c1-11-4-5-12-7(8(9)10)6-2-3-6/h6-7H,2-5H2,1H3,(H,9,10). The zero-order chi connectivity index (χ0) is 8.97. The van der Waals surface area contributed by atoms with Crippen LogP contribution in [0.3, 0.4) is 0 Å². The Bertz CT molecular complexity index is 156. The van der Waals surface area contributed by atoms with Crippen molar-refractivity contribution in [1.29, 1.82) is 0 Å². The van der Waals surface area contributed by atoms with Crippen molar-refractivity contribution >= 4 is 17.7 Å². The number of hydrogen-bond acceptors (Lipinski definition) is 3. The number of carboxylic acid groups (broad SMARTS) is 1. The SMILES string of the molecule is COCCSC(C(=O)O)C1CC1. The molecule has 1 saturated carbocycles. The van der Waals surface area contributed by atoms with E-state index in [9.17, 15) is 4.79 Å². The molecule has 0 radical (unpaired) electrons. The van der Waals surface area contributed by atoms with Crippen LogP contribution in [-0.4, -0.2) is 35.8 Å². The van der Waals surface area contributed by atoms with Gasteiger partial charge in [0.2, 0.25) is 0 Å². The maximum absolute atomic E-state index is 10.7. The van der Waals surface area contributed by atoms with Gasteiger partial charge in [-0.2, -0.15) is 0 Å². The molecule has 0 heterocycles. The fourth-order valence-corrected chi connectivity index (χ4v) is 2.27. The summed E-state index contributed by atoms with van der Waals surface area (Å²) in [4.78, 5) is 10.7. The fraction of sp³-hybridized carbons (Fsp3) is 0.875. The van der Waals surface area contributed by atoms with E-state index in [0.717, 1.165) is 18.6 Å². The number of carboxylic acids is 1. The van der Waals surface area contributed by atoms with E-state index in [1.807, 2.05) is 0 Å². The van der Waals surface area contributed by atoms with Gasteiger partial charge in [0.1, 0.15) is 5.25 Å². The Morgan fingerprint density at radius 3 is 2.83 bits per heavy atom. The van der Waals surface area contributed by atoms with Gasteiger partial charge in [0.15, 0.2) is 0 Å². The number of carbonyl (C=O) groups is 1. The number of thioether (sulfide) groups is 1. The first-order valence-electron chi connectivity index (χ1n) is 4.09. The third-order valence-electron chi connectivity index (χ3n) is 1.88. The molecule has 0 aromatic heterocycles. The Labute approximate surface area is 76.5 Å². The van der Waals surface area contributed by atoms with E-state index in [1.165, 1.54) is 11.8 Å². The quantitative estimate of drug-likeness (QED) is 0.640. The molecule has 0 spiro atoms. The smallest absolute Gasteiger partial charge is 0.316 e. The van der Waals surface area contributed by atoms with E-state index in [4.69, 9.17) is 9.84 Å². The summed E-state index contributed by atoms with van der Waals surface area (Å²) in [6.07, 6.45) is 2.16. The lowest BCUT2D eigenvalue weighted by molar-refractivity contribution is -0.136. The Balaban J connectivity index is 2.19. The summed E-state index contributed by atoms with van der Waals surface area (Å²) < 4.78 is 4.86. The number of rotatable bonds is 6. The van der Waals surface area contributed by atoms with E-state index in [-0.39, 0.29) is 5.25 Å². The van der Waals surface area contributed by atoms with E-state index >= 15 is 0 Å². The molecule has 0 aromatic carbocycles. The van der Waals surface area contributed by atoms with Crippen molar-refractivity contribution in [2.75, 3.05) is 19.5 Å². The summed E-state index contributed by atoms with van der Waals surface area (Å²) in [6, 6.07) is 0. The van der Waals surface area contributed by atoms with Crippen LogP contribution in [0.15, 0.2) is 0 Å². The van der Waals surface area contributed by atoms with Gasteiger partial charge in [-0.15, -0.1) is 11.8 Å². The molecule has 0 aromatic rings. The van der Waals surface area contributed by atoms with Crippen LogP contribution in [-0.2, 0) is 9.53 Å². The number of methoxy groups -OCH3 is 1. The molecule has 0 bridgehead atoms. The van der Waals surface area contributed by atoms with Gasteiger partial charge in [0.05, 0.1) is 6.61 Å². The van der Waals surface area contributed by atoms with E-state index < -0.39 is 5.97 Å². The molecule has 1 unspecified atom stereocenters. The third kappa shape index (κ3) is 3.03. The van der Waals surface area contributed by atoms with Gasteiger partial charge in [0.25, 0.3) is 0 Å². The van der Waals surface area contributed by atoms with Gasteiger partial charge in [0, 0.05) is 12.9 Å². The van der Waals surface area contributed by atoms with E-state index in [1.54, 1.807) is 7.11 Å². The molecule has 1 N–H and O–H groups in total. The lowest BCUT2D eigenvalue weighted by Gasteiger charge is -2.09. The van der Waals surface area contributed by atoms with Crippen molar-refractivity contribution in [3.05, 3.63) is 0 Å². The minimum Gasteiger partial charge on any atom is -0.480 e. The van der Waals surface area contributed by atoms with Crippen LogP contribution in [0.1, 0.15) is 12.8 Å². The highest BCUT2D eigenvalue weighted by Gasteiger charge is 2.36. The molecule has 0 amide bonds. The van der Waals surface area contributed by atoms with Crippen LogP contribution in [0.4, 0.5) is 0 Å². The first kappa shape index (κ1) is 9.86. The molecule has 70 valence electrons. The van der Waals surface area contributed by atoms with Gasteiger partial charge >= 0.3 is 5.97 Å². The van der Waals surface area contributed by atoms with Crippen molar-refractivity contribution in [2.24, 2.45) is 5.92 Å². The average Bonchev–Trinajstić information content (AvgIpc) is 2.80. The summed E-state index contributed by atoms with van der Waals surface area (Å²) >= 11 is 1.50. The van der Waals surface area contributed by atoms with Crippen LogP contribution in [0.5, 0.6) is 0 Å². The van der Waals surface area contributed by atoms with Crippen molar-refractivity contribution < 1.29 is 14.6 Å². The van der Waals surface area contributed by atoms with Crippen LogP contribution < -0.4 is 0 Å². The monoisotopic (exact) mass is 190 g/mol. The topological polar surface area (TPSA) is 46.5 Å². The summed E-state index contributed by atoms with van der Waals surface area (Å²) in [7, 11) is 1.63. The highest BCUT2D eigenvalue weighted by Crippen LogP contribution is 2.38. The van der Waals surface area contributed by atoms with Gasteiger partial charge < -0.3 is 9.84 Å². The first-order chi connectivity index (χ1) is 5.75. The maximum Gasteiger partial charge on any atom is 0.316 e. The molecular formula is C8H14O3S. The molecule has 0 saturated heterocycles. The number of aliphatic carboxylic acids is 1. The Hall–Kier alpha value is -0.220. The normalized spacial score (nSPS) is 19.1. The minimum atomic E-state index is -0.668. The average molecular weight is 190 g/mol. The second kappa shape index (κ2) is 4.72.